The first kappa shape index (κ1) is 11.3. The van der Waals surface area contributed by atoms with Crippen molar-refractivity contribution in [2.24, 2.45) is 11.5 Å². The van der Waals surface area contributed by atoms with Gasteiger partial charge in [0.15, 0.2) is 0 Å². The molecule has 0 aliphatic carbocycles. The van der Waals surface area contributed by atoms with Crippen LogP contribution in [0.1, 0.15) is 17.2 Å². The predicted octanol–water partition coefficient (Wildman–Crippen LogP) is 0.373. The summed E-state index contributed by atoms with van der Waals surface area (Å²) >= 11 is 5.84. The normalized spacial score (nSPS) is 12.9. The van der Waals surface area contributed by atoms with E-state index in [1.165, 1.54) is 0 Å². The van der Waals surface area contributed by atoms with Crippen LogP contribution in [0.4, 0.5) is 5.69 Å². The van der Waals surface area contributed by atoms with Crippen LogP contribution in [0.5, 0.6) is 0 Å². The third-order valence-electron chi connectivity index (χ3n) is 2.12. The highest BCUT2D eigenvalue weighted by Gasteiger charge is 2.14. The molecule has 4 nitrogen and oxygen atoms in total. The summed E-state index contributed by atoms with van der Waals surface area (Å²) in [6.07, 6.45) is 0. The van der Waals surface area contributed by atoms with Crippen molar-refractivity contribution in [3.63, 3.8) is 0 Å². The highest BCUT2D eigenvalue weighted by molar-refractivity contribution is 6.33. The molecular formula is C9H14ClN3O. The van der Waals surface area contributed by atoms with Gasteiger partial charge in [0.25, 0.3) is 0 Å². The van der Waals surface area contributed by atoms with Crippen LogP contribution in [-0.2, 0) is 6.61 Å². The monoisotopic (exact) mass is 215 g/mol. The minimum Gasteiger partial charge on any atom is -0.397 e. The molecule has 1 atom stereocenters. The lowest BCUT2D eigenvalue weighted by atomic mass is 9.99. The summed E-state index contributed by atoms with van der Waals surface area (Å²) in [5.74, 6) is 0. The molecule has 1 aromatic rings. The summed E-state index contributed by atoms with van der Waals surface area (Å²) in [5.41, 5.74) is 18.7. The Hall–Kier alpha value is -0.810. The van der Waals surface area contributed by atoms with E-state index in [0.29, 0.717) is 21.8 Å². The third-order valence-corrected chi connectivity index (χ3v) is 2.45. The first-order valence-electron chi connectivity index (χ1n) is 4.25. The van der Waals surface area contributed by atoms with E-state index >= 15 is 0 Å². The average molecular weight is 216 g/mol. The number of anilines is 1. The molecule has 78 valence electrons. The summed E-state index contributed by atoms with van der Waals surface area (Å²) in [5, 5.41) is 9.51. The van der Waals surface area contributed by atoms with Gasteiger partial charge < -0.3 is 22.3 Å². The lowest BCUT2D eigenvalue weighted by molar-refractivity contribution is 0.280. The van der Waals surface area contributed by atoms with Gasteiger partial charge in [-0.1, -0.05) is 17.7 Å². The Morgan fingerprint density at radius 1 is 1.43 bits per heavy atom. The number of nitrogen functional groups attached to an aromatic ring is 1. The smallest absolute Gasteiger partial charge is 0.0685 e. The number of aliphatic hydroxyl groups is 1. The highest BCUT2D eigenvalue weighted by atomic mass is 35.5. The Labute approximate surface area is 87.6 Å². The van der Waals surface area contributed by atoms with E-state index in [0.717, 1.165) is 0 Å². The molecule has 1 aromatic carbocycles. The molecule has 0 spiro atoms. The molecule has 7 N–H and O–H groups in total. The van der Waals surface area contributed by atoms with Crippen LogP contribution >= 0.6 is 11.6 Å². The van der Waals surface area contributed by atoms with Crippen molar-refractivity contribution in [2.75, 3.05) is 12.3 Å². The molecule has 1 rings (SSSR count). The maximum absolute atomic E-state index is 9.08. The molecule has 0 aliphatic rings. The number of benzene rings is 1. The number of hydrogen-bond donors (Lipinski definition) is 4. The Morgan fingerprint density at radius 3 is 2.57 bits per heavy atom. The lowest BCUT2D eigenvalue weighted by Crippen LogP contribution is -2.23. The van der Waals surface area contributed by atoms with E-state index in [9.17, 15) is 0 Å². The second-order valence-corrected chi connectivity index (χ2v) is 3.44. The second-order valence-electron chi connectivity index (χ2n) is 3.03. The van der Waals surface area contributed by atoms with Gasteiger partial charge in [-0.25, -0.2) is 0 Å². The van der Waals surface area contributed by atoms with Crippen molar-refractivity contribution in [1.82, 2.24) is 0 Å². The van der Waals surface area contributed by atoms with Crippen molar-refractivity contribution in [3.05, 3.63) is 28.3 Å². The zero-order chi connectivity index (χ0) is 10.7. The average Bonchev–Trinajstić information content (AvgIpc) is 2.20. The van der Waals surface area contributed by atoms with E-state index in [4.69, 9.17) is 33.9 Å². The molecule has 0 radical (unpaired) electrons. The molecule has 14 heavy (non-hydrogen) atoms. The van der Waals surface area contributed by atoms with Crippen molar-refractivity contribution in [2.45, 2.75) is 12.6 Å². The van der Waals surface area contributed by atoms with E-state index < -0.39 is 6.04 Å². The van der Waals surface area contributed by atoms with Crippen LogP contribution in [0.2, 0.25) is 5.02 Å². The molecule has 0 fully saturated rings. The molecule has 5 heteroatoms. The minimum atomic E-state index is -0.393. The topological polar surface area (TPSA) is 98.3 Å². The molecule has 0 heterocycles. The number of halogens is 1. The van der Waals surface area contributed by atoms with Gasteiger partial charge in [0.2, 0.25) is 0 Å². The highest BCUT2D eigenvalue weighted by Crippen LogP contribution is 2.29. The molecule has 0 bridgehead atoms. The van der Waals surface area contributed by atoms with Crippen molar-refractivity contribution in [3.8, 4) is 0 Å². The van der Waals surface area contributed by atoms with E-state index in [-0.39, 0.29) is 13.2 Å². The largest absolute Gasteiger partial charge is 0.397 e. The number of nitrogens with two attached hydrogens (primary N) is 3. The first-order valence-corrected chi connectivity index (χ1v) is 4.62. The second kappa shape index (κ2) is 4.61. The maximum Gasteiger partial charge on any atom is 0.0685 e. The third kappa shape index (κ3) is 1.99. The zero-order valence-electron chi connectivity index (χ0n) is 7.70. The van der Waals surface area contributed by atoms with Crippen LogP contribution < -0.4 is 17.2 Å². The van der Waals surface area contributed by atoms with Crippen LogP contribution in [0.25, 0.3) is 0 Å². The molecule has 0 aromatic heterocycles. The maximum atomic E-state index is 9.08. The Kier molecular flexibility index (Phi) is 3.71. The Bertz CT molecular complexity index is 330. The van der Waals surface area contributed by atoms with Crippen molar-refractivity contribution in [1.29, 1.82) is 0 Å². The first-order chi connectivity index (χ1) is 6.61. The lowest BCUT2D eigenvalue weighted by Gasteiger charge is -2.17. The summed E-state index contributed by atoms with van der Waals surface area (Å²) in [4.78, 5) is 0. The standard InChI is InChI=1S/C9H14ClN3O/c10-6-2-1-5(4-14)8(9(6)13)7(12)3-11/h1-2,7,14H,3-4,11-13H2/t7-/m1/s1. The summed E-state index contributed by atoms with van der Waals surface area (Å²) in [6.45, 7) is 0.141. The van der Waals surface area contributed by atoms with Crippen molar-refractivity contribution < 1.29 is 5.11 Å². The van der Waals surface area contributed by atoms with E-state index in [1.54, 1.807) is 12.1 Å². The molecular weight excluding hydrogens is 202 g/mol. The zero-order valence-corrected chi connectivity index (χ0v) is 8.46. The van der Waals surface area contributed by atoms with Crippen LogP contribution in [0.3, 0.4) is 0 Å². The number of hydrogen-bond acceptors (Lipinski definition) is 4. The fraction of sp³-hybridized carbons (Fsp3) is 0.333. The quantitative estimate of drug-likeness (QED) is 0.548. The number of rotatable bonds is 3. The summed E-state index contributed by atoms with van der Waals surface area (Å²) < 4.78 is 0. The van der Waals surface area contributed by atoms with E-state index in [1.807, 2.05) is 0 Å². The van der Waals surface area contributed by atoms with E-state index in [2.05, 4.69) is 0 Å². The van der Waals surface area contributed by atoms with Gasteiger partial charge in [-0.05, 0) is 11.6 Å². The Balaban J connectivity index is 3.27. The van der Waals surface area contributed by atoms with Gasteiger partial charge in [0.1, 0.15) is 0 Å². The SMILES string of the molecule is NC[C@@H](N)c1c(CO)ccc(Cl)c1N. The fourth-order valence-corrected chi connectivity index (χ4v) is 1.51. The molecule has 0 amide bonds. The van der Waals surface area contributed by atoms with Gasteiger partial charge in [0.05, 0.1) is 17.3 Å². The molecule has 0 aliphatic heterocycles. The summed E-state index contributed by atoms with van der Waals surface area (Å²) in [7, 11) is 0. The van der Waals surface area contributed by atoms with Gasteiger partial charge >= 0.3 is 0 Å². The minimum absolute atomic E-state index is 0.121. The van der Waals surface area contributed by atoms with Crippen LogP contribution in [0, 0.1) is 0 Å². The predicted molar refractivity (Wildman–Crippen MR) is 57.8 cm³/mol. The Morgan fingerprint density at radius 2 is 2.07 bits per heavy atom. The number of aliphatic hydroxyl groups excluding tert-OH is 1. The summed E-state index contributed by atoms with van der Waals surface area (Å²) in [6, 6.07) is 2.94. The van der Waals surface area contributed by atoms with Gasteiger partial charge in [-0.3, -0.25) is 0 Å². The van der Waals surface area contributed by atoms with Crippen molar-refractivity contribution >= 4 is 17.3 Å². The fourth-order valence-electron chi connectivity index (χ4n) is 1.35. The van der Waals surface area contributed by atoms with Gasteiger partial charge in [-0.15, -0.1) is 0 Å². The molecule has 0 unspecified atom stereocenters. The van der Waals surface area contributed by atoms with Gasteiger partial charge in [-0.2, -0.15) is 0 Å². The molecule has 0 saturated carbocycles. The molecule has 0 saturated heterocycles. The van der Waals surface area contributed by atoms with Gasteiger partial charge in [0, 0.05) is 18.2 Å². The van der Waals surface area contributed by atoms with Crippen LogP contribution in [-0.4, -0.2) is 11.7 Å². The van der Waals surface area contributed by atoms with Crippen LogP contribution in [0.15, 0.2) is 12.1 Å².